The van der Waals surface area contributed by atoms with Gasteiger partial charge in [-0.15, -0.1) is 0 Å². The summed E-state index contributed by atoms with van der Waals surface area (Å²) in [6.07, 6.45) is -14.8. The fourth-order valence-corrected chi connectivity index (χ4v) is 12.2. The predicted molar refractivity (Wildman–Crippen MR) is 285 cm³/mol. The van der Waals surface area contributed by atoms with E-state index in [0.717, 1.165) is 78.9 Å². The topological polar surface area (TPSA) is 442 Å². The van der Waals surface area contributed by atoms with Crippen LogP contribution in [-0.4, -0.2) is 127 Å². The predicted octanol–water partition coefficient (Wildman–Crippen LogP) is 5.89. The molecule has 12 rings (SSSR count). The Bertz CT molecular complexity index is 4030. The van der Waals surface area contributed by atoms with Crippen molar-refractivity contribution in [3.63, 3.8) is 0 Å². The van der Waals surface area contributed by atoms with Crippen molar-refractivity contribution in [1.82, 2.24) is 0 Å². The van der Waals surface area contributed by atoms with Gasteiger partial charge in [-0.3, -0.25) is 0 Å². The van der Waals surface area contributed by atoms with Crippen LogP contribution in [-0.2, 0) is 6.42 Å². The highest BCUT2D eigenvalue weighted by molar-refractivity contribution is 5.73. The van der Waals surface area contributed by atoms with Gasteiger partial charge in [0.2, 0.25) is 0 Å². The second-order valence-corrected chi connectivity index (χ2v) is 21.0. The van der Waals surface area contributed by atoms with Gasteiger partial charge in [0.1, 0.15) is 93.4 Å². The molecule has 8 aromatic carbocycles. The number of aliphatic hydroxyl groups is 4. The van der Waals surface area contributed by atoms with Crippen LogP contribution < -0.4 is 18.9 Å². The third-order valence-corrected chi connectivity index (χ3v) is 16.0. The van der Waals surface area contributed by atoms with Gasteiger partial charge in [-0.1, -0.05) is 24.3 Å². The van der Waals surface area contributed by atoms with E-state index in [1.165, 1.54) is 24.3 Å². The smallest absolute Gasteiger partial charge is 0.157 e. The van der Waals surface area contributed by atoms with Crippen molar-refractivity contribution < 1.29 is 121 Å². The number of hydrogen-bond donors (Lipinski definition) is 20. The number of rotatable bonds is 7. The molecule has 4 aliphatic rings. The minimum atomic E-state index is -2.15. The fourth-order valence-electron chi connectivity index (χ4n) is 12.2. The molecule has 4 unspecified atom stereocenters. The van der Waals surface area contributed by atoms with Crippen molar-refractivity contribution in [1.29, 1.82) is 0 Å². The van der Waals surface area contributed by atoms with E-state index in [1.54, 1.807) is 0 Å². The molecule has 0 aromatic heterocycles. The van der Waals surface area contributed by atoms with E-state index in [1.807, 2.05) is 0 Å². The normalized spacial score (nSPS) is 24.0. The second-order valence-electron chi connectivity index (χ2n) is 21.0. The van der Waals surface area contributed by atoms with Crippen LogP contribution in [0.3, 0.4) is 0 Å². The standard InChI is InChI=1S/C60H50O24/c61-23-13-34(71)42-41(14-23)81-55(20-2-6-26(63)31(68)10-20)51(78)48(42)44-36(73)17-38(75)46-50(53(80)57(83-59(44)46)22-4-8-28(65)33(70)12-22)47-39(76)18-37(74)45-49(52(79)56(84-60(45)47)21-3-7-27(64)32(69)11-21)43-35(72)16-29(66)24-15-40(77)54(82-58(24)43)19-1-5-25(62)30(67)9-19/h1-14,16-18,40,48-57,61-80H,15H2/t40-,48-,49+,50-,51-,52-,53-,54?,55?,56?,57?/m0/s1. The molecule has 4 aliphatic heterocycles. The van der Waals surface area contributed by atoms with Crippen LogP contribution in [0.2, 0.25) is 0 Å². The first kappa shape index (κ1) is 54.2. The zero-order valence-corrected chi connectivity index (χ0v) is 43.0. The maximum absolute atomic E-state index is 13.1. The zero-order chi connectivity index (χ0) is 59.8. The first-order valence-corrected chi connectivity index (χ1v) is 25.7. The Morgan fingerprint density at radius 1 is 0.274 bits per heavy atom. The van der Waals surface area contributed by atoms with Crippen LogP contribution in [0.5, 0.6) is 115 Å². The third kappa shape index (κ3) is 8.44. The van der Waals surface area contributed by atoms with Crippen molar-refractivity contribution in [2.45, 2.75) is 73.0 Å². The average molecular weight is 1160 g/mol. The van der Waals surface area contributed by atoms with Crippen LogP contribution >= 0.6 is 0 Å². The number of fused-ring (bicyclic) bond motifs is 4. The maximum Gasteiger partial charge on any atom is 0.157 e. The van der Waals surface area contributed by atoms with Gasteiger partial charge in [-0.2, -0.15) is 0 Å². The molecule has 84 heavy (non-hydrogen) atoms. The van der Waals surface area contributed by atoms with Gasteiger partial charge in [0.15, 0.2) is 64.3 Å². The molecule has 24 heteroatoms. The van der Waals surface area contributed by atoms with Gasteiger partial charge in [-0.25, -0.2) is 0 Å². The van der Waals surface area contributed by atoms with Crippen molar-refractivity contribution in [2.24, 2.45) is 0 Å². The number of hydrogen-bond acceptors (Lipinski definition) is 24. The highest BCUT2D eigenvalue weighted by Gasteiger charge is 2.53. The van der Waals surface area contributed by atoms with Gasteiger partial charge in [-0.05, 0) is 70.8 Å². The molecule has 8 aromatic rings. The first-order chi connectivity index (χ1) is 39.9. The van der Waals surface area contributed by atoms with Crippen molar-refractivity contribution in [3.8, 4) is 115 Å². The minimum Gasteiger partial charge on any atom is -0.508 e. The summed E-state index contributed by atoms with van der Waals surface area (Å²) in [5, 5.41) is 229. The molecular formula is C60H50O24. The van der Waals surface area contributed by atoms with Gasteiger partial charge in [0.05, 0.1) is 23.9 Å². The summed E-state index contributed by atoms with van der Waals surface area (Å²) in [6, 6.07) is 17.7. The van der Waals surface area contributed by atoms with Gasteiger partial charge < -0.3 is 121 Å². The molecule has 0 aliphatic carbocycles. The highest BCUT2D eigenvalue weighted by Crippen LogP contribution is 2.65. The Balaban J connectivity index is 1.14. The third-order valence-electron chi connectivity index (χ3n) is 16.0. The molecular weight excluding hydrogens is 1100 g/mol. The van der Waals surface area contributed by atoms with E-state index >= 15 is 0 Å². The second kappa shape index (κ2) is 19.7. The molecule has 4 heterocycles. The van der Waals surface area contributed by atoms with E-state index in [2.05, 4.69) is 0 Å². The van der Waals surface area contributed by atoms with E-state index < -0.39 is 210 Å². The summed E-state index contributed by atoms with van der Waals surface area (Å²) in [5.41, 5.74) is -3.20. The molecule has 11 atom stereocenters. The summed E-state index contributed by atoms with van der Waals surface area (Å²) in [4.78, 5) is 0. The average Bonchev–Trinajstić information content (AvgIpc) is 1.45. The van der Waals surface area contributed by atoms with Crippen molar-refractivity contribution in [3.05, 3.63) is 164 Å². The number of ether oxygens (including phenoxy) is 4. The first-order valence-electron chi connectivity index (χ1n) is 25.7. The number of aromatic hydroxyl groups is 16. The largest absolute Gasteiger partial charge is 0.508 e. The lowest BCUT2D eigenvalue weighted by atomic mass is 9.72. The van der Waals surface area contributed by atoms with Crippen molar-refractivity contribution in [2.75, 3.05) is 0 Å². The Morgan fingerprint density at radius 2 is 0.583 bits per heavy atom. The lowest BCUT2D eigenvalue weighted by molar-refractivity contribution is -0.00858. The Labute approximate surface area is 472 Å². The molecule has 0 spiro atoms. The van der Waals surface area contributed by atoms with Crippen LogP contribution in [0, 0.1) is 0 Å². The number of aliphatic hydroxyl groups excluding tert-OH is 4. The lowest BCUT2D eigenvalue weighted by Gasteiger charge is -2.44. The van der Waals surface area contributed by atoms with Crippen LogP contribution in [0.1, 0.15) is 103 Å². The van der Waals surface area contributed by atoms with E-state index in [4.69, 9.17) is 18.9 Å². The quantitative estimate of drug-likeness (QED) is 0.0827. The molecule has 0 saturated heterocycles. The van der Waals surface area contributed by atoms with Gasteiger partial charge in [0, 0.05) is 75.7 Å². The summed E-state index contributed by atoms with van der Waals surface area (Å²) in [7, 11) is 0. The Morgan fingerprint density at radius 3 is 0.964 bits per heavy atom. The zero-order valence-electron chi connectivity index (χ0n) is 43.0. The van der Waals surface area contributed by atoms with Crippen LogP contribution in [0.4, 0.5) is 0 Å². The maximum atomic E-state index is 13.1. The fraction of sp³-hybridized carbons (Fsp3) is 0.200. The SMILES string of the molecule is Oc1cc(O)c2c(c1)OC(c1ccc(O)c(O)c1)[C@@H](O)[C@@H]2c1c(O)cc(O)c2c1OC(c1ccc(O)c(O)c1)[C@@H](O)[C@@H]2c1c(O)cc(O)c2c1OC(c1ccc(O)c(O)c1)[C@@H](O)[C@@H]2c1c(O)cc(O)c2c1OC(c1ccc(O)c(O)c1)[C@@H](O)C2. The summed E-state index contributed by atoms with van der Waals surface area (Å²) >= 11 is 0. The van der Waals surface area contributed by atoms with Gasteiger partial charge in [0.25, 0.3) is 0 Å². The lowest BCUT2D eigenvalue weighted by Crippen LogP contribution is -2.40. The Kier molecular flexibility index (Phi) is 12.7. The molecule has 0 saturated carbocycles. The highest BCUT2D eigenvalue weighted by atomic mass is 16.5. The molecule has 24 nitrogen and oxygen atoms in total. The van der Waals surface area contributed by atoms with E-state index in [9.17, 15) is 102 Å². The monoisotopic (exact) mass is 1150 g/mol. The van der Waals surface area contributed by atoms with Crippen LogP contribution in [0.15, 0.2) is 103 Å². The van der Waals surface area contributed by atoms with Gasteiger partial charge >= 0.3 is 0 Å². The van der Waals surface area contributed by atoms with Crippen molar-refractivity contribution >= 4 is 0 Å². The Hall–Kier alpha value is -10.4. The number of phenols is 16. The molecule has 20 N–H and O–H groups in total. The minimum absolute atomic E-state index is 0.00111. The summed E-state index contributed by atoms with van der Waals surface area (Å²) in [5.74, 6) is -19.0. The molecule has 0 bridgehead atoms. The molecule has 0 fully saturated rings. The number of phenolic OH excluding ortho intramolecular Hbond substituents is 16. The van der Waals surface area contributed by atoms with Crippen LogP contribution in [0.25, 0.3) is 0 Å². The summed E-state index contributed by atoms with van der Waals surface area (Å²) < 4.78 is 25.8. The van der Waals surface area contributed by atoms with E-state index in [0.29, 0.717) is 0 Å². The van der Waals surface area contributed by atoms with E-state index in [-0.39, 0.29) is 39.1 Å². The molecule has 0 radical (unpaired) electrons. The summed E-state index contributed by atoms with van der Waals surface area (Å²) in [6.45, 7) is 0. The molecule has 0 amide bonds. The number of benzene rings is 8. The molecule has 434 valence electrons.